The summed E-state index contributed by atoms with van der Waals surface area (Å²) in [4.78, 5) is 23.4. The van der Waals surface area contributed by atoms with Crippen LogP contribution in [0.4, 0.5) is 5.69 Å². The molecule has 0 aromatic heterocycles. The van der Waals surface area contributed by atoms with Crippen molar-refractivity contribution in [1.82, 2.24) is 0 Å². The van der Waals surface area contributed by atoms with E-state index in [1.807, 2.05) is 0 Å². The molecule has 0 fully saturated rings. The quantitative estimate of drug-likeness (QED) is 0.326. The van der Waals surface area contributed by atoms with Gasteiger partial charge in [-0.25, -0.2) is 9.79 Å². The molecule has 0 spiro atoms. The number of nitro groups is 1. The largest absolute Gasteiger partial charge is 0.272 e. The van der Waals surface area contributed by atoms with Crippen molar-refractivity contribution >= 4 is 11.8 Å². The average molecular weight is 206 g/mol. The zero-order valence-corrected chi connectivity index (χ0v) is 8.27. The minimum Gasteiger partial charge on any atom is -0.258 e. The summed E-state index contributed by atoms with van der Waals surface area (Å²) in [5.74, 6) is 0. The summed E-state index contributed by atoms with van der Waals surface area (Å²) in [5.41, 5.74) is 1.52. The van der Waals surface area contributed by atoms with E-state index in [-0.39, 0.29) is 5.69 Å². The van der Waals surface area contributed by atoms with Crippen LogP contribution in [-0.2, 0) is 11.2 Å². The van der Waals surface area contributed by atoms with E-state index in [4.69, 9.17) is 0 Å². The molecule has 5 nitrogen and oxygen atoms in total. The van der Waals surface area contributed by atoms with Gasteiger partial charge in [-0.2, -0.15) is 0 Å². The van der Waals surface area contributed by atoms with Gasteiger partial charge in [0.25, 0.3) is 5.69 Å². The molecule has 78 valence electrons. The SMILES string of the molecule is Cc1ccc(CCN=C=O)cc1[N+](=O)[O-]. The van der Waals surface area contributed by atoms with Crippen LogP contribution in [0.15, 0.2) is 23.2 Å². The van der Waals surface area contributed by atoms with Crippen LogP contribution >= 0.6 is 0 Å². The van der Waals surface area contributed by atoms with Gasteiger partial charge in [0.2, 0.25) is 6.08 Å². The lowest BCUT2D eigenvalue weighted by atomic mass is 10.1. The third kappa shape index (κ3) is 3.00. The first-order valence-corrected chi connectivity index (χ1v) is 4.42. The van der Waals surface area contributed by atoms with Crippen molar-refractivity contribution < 1.29 is 9.72 Å². The zero-order valence-electron chi connectivity index (χ0n) is 8.27. The van der Waals surface area contributed by atoms with Crippen LogP contribution in [0.5, 0.6) is 0 Å². The highest BCUT2D eigenvalue weighted by molar-refractivity contribution is 5.42. The first kappa shape index (κ1) is 11.1. The van der Waals surface area contributed by atoms with Crippen LogP contribution in [0.2, 0.25) is 0 Å². The number of aryl methyl sites for hydroxylation is 1. The molecule has 1 aromatic carbocycles. The molecule has 1 rings (SSSR count). The maximum Gasteiger partial charge on any atom is 0.272 e. The number of nitro benzene ring substituents is 1. The summed E-state index contributed by atoms with van der Waals surface area (Å²) in [7, 11) is 0. The van der Waals surface area contributed by atoms with Crippen LogP contribution in [0, 0.1) is 17.0 Å². The van der Waals surface area contributed by atoms with E-state index in [1.165, 1.54) is 12.1 Å². The van der Waals surface area contributed by atoms with Crippen molar-refractivity contribution in [2.75, 3.05) is 6.54 Å². The number of hydrogen-bond donors (Lipinski definition) is 0. The van der Waals surface area contributed by atoms with Gasteiger partial charge < -0.3 is 0 Å². The number of aliphatic imine (C=N–C) groups is 1. The van der Waals surface area contributed by atoms with Crippen LogP contribution in [0.3, 0.4) is 0 Å². The highest BCUT2D eigenvalue weighted by Crippen LogP contribution is 2.19. The second kappa shape index (κ2) is 5.02. The van der Waals surface area contributed by atoms with Crippen molar-refractivity contribution in [3.05, 3.63) is 39.4 Å². The van der Waals surface area contributed by atoms with Gasteiger partial charge in [0.15, 0.2) is 0 Å². The van der Waals surface area contributed by atoms with Crippen molar-refractivity contribution in [3.8, 4) is 0 Å². The predicted molar refractivity (Wildman–Crippen MR) is 54.5 cm³/mol. The van der Waals surface area contributed by atoms with Gasteiger partial charge in [0.1, 0.15) is 0 Å². The Morgan fingerprint density at radius 2 is 2.27 bits per heavy atom. The number of benzene rings is 1. The Bertz CT molecular complexity index is 423. The molecular formula is C10H10N2O3. The highest BCUT2D eigenvalue weighted by atomic mass is 16.6. The van der Waals surface area contributed by atoms with E-state index in [9.17, 15) is 14.9 Å². The molecule has 1 aromatic rings. The number of rotatable bonds is 4. The summed E-state index contributed by atoms with van der Waals surface area (Å²) < 4.78 is 0. The van der Waals surface area contributed by atoms with Gasteiger partial charge in [-0.15, -0.1) is 0 Å². The second-order valence-electron chi connectivity index (χ2n) is 3.10. The number of isocyanates is 1. The Morgan fingerprint density at radius 3 is 2.87 bits per heavy atom. The predicted octanol–water partition coefficient (Wildman–Crippen LogP) is 1.78. The number of hydrogen-bond acceptors (Lipinski definition) is 4. The molecule has 0 atom stereocenters. The molecule has 0 amide bonds. The molecule has 5 heteroatoms. The molecule has 0 saturated carbocycles. The van der Waals surface area contributed by atoms with Crippen LogP contribution in [0.1, 0.15) is 11.1 Å². The lowest BCUT2D eigenvalue weighted by Crippen LogP contribution is -1.95. The Labute approximate surface area is 86.6 Å². The molecule has 0 bridgehead atoms. The summed E-state index contributed by atoms with van der Waals surface area (Å²) >= 11 is 0. The molecule has 15 heavy (non-hydrogen) atoms. The van der Waals surface area contributed by atoms with Crippen LogP contribution in [0.25, 0.3) is 0 Å². The van der Waals surface area contributed by atoms with Crippen molar-refractivity contribution in [3.63, 3.8) is 0 Å². The van der Waals surface area contributed by atoms with E-state index in [1.54, 1.807) is 19.1 Å². The van der Waals surface area contributed by atoms with Crippen molar-refractivity contribution in [1.29, 1.82) is 0 Å². The Morgan fingerprint density at radius 1 is 1.53 bits per heavy atom. The summed E-state index contributed by atoms with van der Waals surface area (Å²) in [6.07, 6.45) is 1.94. The van der Waals surface area contributed by atoms with E-state index < -0.39 is 4.92 Å². The first-order valence-electron chi connectivity index (χ1n) is 4.42. The fourth-order valence-corrected chi connectivity index (χ4v) is 1.24. The fourth-order valence-electron chi connectivity index (χ4n) is 1.24. The van der Waals surface area contributed by atoms with Gasteiger partial charge in [-0.3, -0.25) is 10.1 Å². The summed E-state index contributed by atoms with van der Waals surface area (Å²) in [6, 6.07) is 5.00. The molecule has 0 radical (unpaired) electrons. The van der Waals surface area contributed by atoms with Gasteiger partial charge in [-0.05, 0) is 18.9 Å². The van der Waals surface area contributed by atoms with Crippen molar-refractivity contribution in [2.45, 2.75) is 13.3 Å². The fraction of sp³-hybridized carbons (Fsp3) is 0.300. The van der Waals surface area contributed by atoms with E-state index >= 15 is 0 Å². The minimum atomic E-state index is -0.415. The van der Waals surface area contributed by atoms with E-state index in [0.29, 0.717) is 18.5 Å². The molecule has 0 aliphatic carbocycles. The molecule has 0 saturated heterocycles. The average Bonchev–Trinajstić information content (AvgIpc) is 2.20. The van der Waals surface area contributed by atoms with Gasteiger partial charge in [-0.1, -0.05) is 12.1 Å². The van der Waals surface area contributed by atoms with Crippen molar-refractivity contribution in [2.24, 2.45) is 4.99 Å². The summed E-state index contributed by atoms with van der Waals surface area (Å²) in [5, 5.41) is 10.6. The summed E-state index contributed by atoms with van der Waals surface area (Å²) in [6.45, 7) is 2.00. The molecule has 0 aliphatic heterocycles. The van der Waals surface area contributed by atoms with Gasteiger partial charge in [0, 0.05) is 11.6 Å². The Balaban J connectivity index is 2.87. The molecule has 0 aliphatic rings. The minimum absolute atomic E-state index is 0.0996. The van der Waals surface area contributed by atoms with Gasteiger partial charge in [0.05, 0.1) is 11.5 Å². The number of carbonyl (C=O) groups excluding carboxylic acids is 1. The Kier molecular flexibility index (Phi) is 3.71. The highest BCUT2D eigenvalue weighted by Gasteiger charge is 2.10. The van der Waals surface area contributed by atoms with Crippen LogP contribution in [-0.4, -0.2) is 17.5 Å². The maximum absolute atomic E-state index is 10.6. The smallest absolute Gasteiger partial charge is 0.258 e. The third-order valence-electron chi connectivity index (χ3n) is 2.05. The topological polar surface area (TPSA) is 72.6 Å². The number of nitrogens with zero attached hydrogens (tertiary/aromatic N) is 2. The van der Waals surface area contributed by atoms with E-state index in [2.05, 4.69) is 4.99 Å². The zero-order chi connectivity index (χ0) is 11.3. The molecule has 0 N–H and O–H groups in total. The monoisotopic (exact) mass is 206 g/mol. The standard InChI is InChI=1S/C10H10N2O3/c1-8-2-3-9(4-5-11-7-13)6-10(8)12(14)15/h2-3,6H,4-5H2,1H3. The maximum atomic E-state index is 10.6. The molecule has 0 heterocycles. The Hall–Kier alpha value is -2.00. The second-order valence-corrected chi connectivity index (χ2v) is 3.10. The lowest BCUT2D eigenvalue weighted by Gasteiger charge is -2.00. The van der Waals surface area contributed by atoms with E-state index in [0.717, 1.165) is 5.56 Å². The third-order valence-corrected chi connectivity index (χ3v) is 2.05. The molecular weight excluding hydrogens is 196 g/mol. The molecule has 0 unspecified atom stereocenters. The first-order chi connectivity index (χ1) is 7.15. The lowest BCUT2D eigenvalue weighted by molar-refractivity contribution is -0.385. The van der Waals surface area contributed by atoms with Crippen LogP contribution < -0.4 is 0 Å². The van der Waals surface area contributed by atoms with Gasteiger partial charge >= 0.3 is 0 Å². The normalized spacial score (nSPS) is 9.40.